The van der Waals surface area contributed by atoms with Crippen LogP contribution in [0.25, 0.3) is 0 Å². The second-order valence-corrected chi connectivity index (χ2v) is 2.27. The lowest BCUT2D eigenvalue weighted by Crippen LogP contribution is -1.77. The van der Waals surface area contributed by atoms with Gasteiger partial charge in [0, 0.05) is 0 Å². The van der Waals surface area contributed by atoms with Crippen LogP contribution in [0.15, 0.2) is 10.8 Å². The summed E-state index contributed by atoms with van der Waals surface area (Å²) < 4.78 is 0.626. The maximum atomic E-state index is 5.39. The number of halogens is 2. The van der Waals surface area contributed by atoms with E-state index in [2.05, 4.69) is 32.1 Å². The summed E-state index contributed by atoms with van der Waals surface area (Å²) in [7, 11) is 0. The van der Waals surface area contributed by atoms with E-state index in [0.29, 0.717) is 4.60 Å². The molecule has 0 saturated heterocycles. The lowest BCUT2D eigenvalue weighted by Gasteiger charge is -1.84. The first-order valence-electron chi connectivity index (χ1n) is 1.85. The molecule has 0 fully saturated rings. The topological polar surface area (TPSA) is 25.8 Å². The molecule has 0 amide bonds. The molecule has 8 heavy (non-hydrogen) atoms. The summed E-state index contributed by atoms with van der Waals surface area (Å²) in [5.41, 5.74) is 0. The van der Waals surface area contributed by atoms with Crippen molar-refractivity contribution in [2.75, 3.05) is 0 Å². The van der Waals surface area contributed by atoms with Crippen LogP contribution in [0.4, 0.5) is 0 Å². The second-order valence-electron chi connectivity index (χ2n) is 1.10. The van der Waals surface area contributed by atoms with Gasteiger partial charge in [0.2, 0.25) is 0 Å². The van der Waals surface area contributed by atoms with Crippen LogP contribution in [-0.2, 0) is 0 Å². The molecule has 0 saturated carbocycles. The number of rotatable bonds is 0. The third kappa shape index (κ3) is 1.42. The second kappa shape index (κ2) is 2.42. The molecule has 1 aromatic rings. The Kier molecular flexibility index (Phi) is 1.81. The first-order chi connectivity index (χ1) is 3.79. The van der Waals surface area contributed by atoms with Crippen molar-refractivity contribution in [3.05, 3.63) is 22.1 Å². The fourth-order valence-corrected chi connectivity index (χ4v) is 0.808. The monoisotopic (exact) mass is 191 g/mol. The molecule has 1 radical (unpaired) electrons. The highest BCUT2D eigenvalue weighted by molar-refractivity contribution is 9.10. The fraction of sp³-hybridized carbons (Fsp3) is 0. The molecule has 1 aromatic heterocycles. The van der Waals surface area contributed by atoms with Crippen LogP contribution in [0.2, 0.25) is 5.15 Å². The maximum Gasteiger partial charge on any atom is 0.158 e. The molecule has 0 spiro atoms. The van der Waals surface area contributed by atoms with E-state index in [9.17, 15) is 0 Å². The van der Waals surface area contributed by atoms with Crippen LogP contribution in [0.1, 0.15) is 0 Å². The SMILES string of the molecule is Clc1[c]ncc(Br)n1. The Balaban J connectivity index is 3.08. The first-order valence-corrected chi connectivity index (χ1v) is 3.02. The van der Waals surface area contributed by atoms with E-state index in [4.69, 9.17) is 11.6 Å². The summed E-state index contributed by atoms with van der Waals surface area (Å²) in [6.45, 7) is 0. The van der Waals surface area contributed by atoms with Crippen molar-refractivity contribution in [1.29, 1.82) is 0 Å². The molecule has 0 N–H and O–H groups in total. The summed E-state index contributed by atoms with van der Waals surface area (Å²) in [6, 6.07) is 0. The Morgan fingerprint density at radius 1 is 1.75 bits per heavy atom. The zero-order valence-electron chi connectivity index (χ0n) is 3.73. The summed E-state index contributed by atoms with van der Waals surface area (Å²) in [4.78, 5) is 7.36. The highest BCUT2D eigenvalue weighted by Gasteiger charge is 1.88. The van der Waals surface area contributed by atoms with Crippen LogP contribution < -0.4 is 0 Å². The largest absolute Gasteiger partial charge is 0.248 e. The van der Waals surface area contributed by atoms with Crippen LogP contribution >= 0.6 is 27.5 Å². The lowest BCUT2D eigenvalue weighted by atomic mass is 10.8. The van der Waals surface area contributed by atoms with E-state index in [0.717, 1.165) is 0 Å². The van der Waals surface area contributed by atoms with Crippen molar-refractivity contribution in [3.8, 4) is 0 Å². The number of hydrogen-bond acceptors (Lipinski definition) is 2. The molecule has 0 bridgehead atoms. The van der Waals surface area contributed by atoms with Gasteiger partial charge in [0.05, 0.1) is 6.20 Å². The van der Waals surface area contributed by atoms with Crippen LogP contribution in [0, 0.1) is 6.20 Å². The Morgan fingerprint density at radius 2 is 2.50 bits per heavy atom. The Bertz CT molecular complexity index is 174. The van der Waals surface area contributed by atoms with Crippen molar-refractivity contribution in [2.45, 2.75) is 0 Å². The molecule has 0 aliphatic heterocycles. The highest BCUT2D eigenvalue weighted by atomic mass is 79.9. The van der Waals surface area contributed by atoms with E-state index >= 15 is 0 Å². The zero-order valence-corrected chi connectivity index (χ0v) is 6.07. The molecule has 41 valence electrons. The van der Waals surface area contributed by atoms with Gasteiger partial charge in [-0.15, -0.1) is 0 Å². The minimum absolute atomic E-state index is 0.277. The normalized spacial score (nSPS) is 9.25. The molecule has 1 rings (SSSR count). The van der Waals surface area contributed by atoms with Gasteiger partial charge >= 0.3 is 0 Å². The highest BCUT2D eigenvalue weighted by Crippen LogP contribution is 2.06. The average Bonchev–Trinajstić information content (AvgIpc) is 1.64. The van der Waals surface area contributed by atoms with Crippen molar-refractivity contribution < 1.29 is 0 Å². The Labute approximate surface area is 60.0 Å². The van der Waals surface area contributed by atoms with Crippen molar-refractivity contribution in [2.24, 2.45) is 0 Å². The third-order valence-corrected chi connectivity index (χ3v) is 1.08. The third-order valence-electron chi connectivity index (χ3n) is 0.533. The van der Waals surface area contributed by atoms with Crippen molar-refractivity contribution >= 4 is 27.5 Å². The molecule has 2 nitrogen and oxygen atoms in total. The van der Waals surface area contributed by atoms with Gasteiger partial charge in [0.15, 0.2) is 5.15 Å². The van der Waals surface area contributed by atoms with E-state index < -0.39 is 0 Å². The number of nitrogens with zero attached hydrogens (tertiary/aromatic N) is 2. The molecule has 4 heteroatoms. The smallest absolute Gasteiger partial charge is 0.158 e. The van der Waals surface area contributed by atoms with Gasteiger partial charge in [0.1, 0.15) is 10.8 Å². The molecular weight excluding hydrogens is 191 g/mol. The van der Waals surface area contributed by atoms with Crippen LogP contribution in [-0.4, -0.2) is 9.97 Å². The van der Waals surface area contributed by atoms with Crippen LogP contribution in [0.3, 0.4) is 0 Å². The Hall–Kier alpha value is -0.150. The van der Waals surface area contributed by atoms with Crippen molar-refractivity contribution in [1.82, 2.24) is 9.97 Å². The molecule has 0 atom stereocenters. The lowest BCUT2D eigenvalue weighted by molar-refractivity contribution is 1.15. The number of aromatic nitrogens is 2. The molecule has 0 aliphatic rings. The first kappa shape index (κ1) is 5.98. The van der Waals surface area contributed by atoms with Gasteiger partial charge < -0.3 is 0 Å². The van der Waals surface area contributed by atoms with Gasteiger partial charge in [-0.25, -0.2) is 9.97 Å². The molecule has 0 aliphatic carbocycles. The summed E-state index contributed by atoms with van der Waals surface area (Å²) in [6.07, 6.45) is 3.97. The fourth-order valence-electron chi connectivity index (χ4n) is 0.286. The summed E-state index contributed by atoms with van der Waals surface area (Å²) in [5, 5.41) is 0.277. The standard InChI is InChI=1S/C4HBrClN2/c5-3-1-7-2-4(6)8-3/h1H. The van der Waals surface area contributed by atoms with Gasteiger partial charge in [-0.05, 0) is 15.9 Å². The zero-order chi connectivity index (χ0) is 5.98. The van der Waals surface area contributed by atoms with E-state index in [1.54, 1.807) is 0 Å². The predicted molar refractivity (Wildman–Crippen MR) is 33.6 cm³/mol. The minimum atomic E-state index is 0.277. The molecule has 0 unspecified atom stereocenters. The average molecular weight is 192 g/mol. The molecule has 1 heterocycles. The number of hydrogen-bond donors (Lipinski definition) is 0. The summed E-state index contributed by atoms with van der Waals surface area (Å²) >= 11 is 8.47. The maximum absolute atomic E-state index is 5.39. The van der Waals surface area contributed by atoms with E-state index in [-0.39, 0.29) is 5.15 Å². The Morgan fingerprint density at radius 3 is 2.88 bits per heavy atom. The van der Waals surface area contributed by atoms with Gasteiger partial charge in [-0.3, -0.25) is 0 Å². The van der Waals surface area contributed by atoms with Gasteiger partial charge in [-0.1, -0.05) is 11.6 Å². The molecule has 0 aromatic carbocycles. The van der Waals surface area contributed by atoms with Crippen LogP contribution in [0.5, 0.6) is 0 Å². The predicted octanol–water partition coefficient (Wildman–Crippen LogP) is 1.69. The van der Waals surface area contributed by atoms with E-state index in [1.807, 2.05) is 0 Å². The summed E-state index contributed by atoms with van der Waals surface area (Å²) in [5.74, 6) is 0. The molecular formula is C4HBrClN2. The van der Waals surface area contributed by atoms with Gasteiger partial charge in [-0.2, -0.15) is 0 Å². The quantitative estimate of drug-likeness (QED) is 0.625. The van der Waals surface area contributed by atoms with Crippen molar-refractivity contribution in [3.63, 3.8) is 0 Å². The minimum Gasteiger partial charge on any atom is -0.248 e. The van der Waals surface area contributed by atoms with E-state index in [1.165, 1.54) is 6.20 Å². The van der Waals surface area contributed by atoms with Gasteiger partial charge in [0.25, 0.3) is 0 Å².